The molecule has 1 aliphatic carbocycles. The maximum Gasteiger partial charge on any atom is 0.258 e. The minimum atomic E-state index is -0.0623. The van der Waals surface area contributed by atoms with Crippen LogP contribution in [0.25, 0.3) is 22.0 Å². The molecule has 1 fully saturated rings. The summed E-state index contributed by atoms with van der Waals surface area (Å²) in [7, 11) is 3.98. The molecule has 0 amide bonds. The van der Waals surface area contributed by atoms with E-state index in [0.29, 0.717) is 11.5 Å². The SMILES string of the molecule is Cc1cc2c(cn1)cc(-c1cc(NC(C)N=C(C3=CCCN3C)C3CC3)ccc1C)c(=O)n2C. The molecular weight excluding hydrogens is 422 g/mol. The molecule has 176 valence electrons. The van der Waals surface area contributed by atoms with Gasteiger partial charge in [-0.15, -0.1) is 0 Å². The Morgan fingerprint density at radius 3 is 2.65 bits per heavy atom. The highest BCUT2D eigenvalue weighted by Gasteiger charge is 2.32. The van der Waals surface area contributed by atoms with Gasteiger partial charge in [0.15, 0.2) is 0 Å². The molecule has 0 bridgehead atoms. The van der Waals surface area contributed by atoms with Gasteiger partial charge in [0.1, 0.15) is 6.17 Å². The Morgan fingerprint density at radius 2 is 1.94 bits per heavy atom. The zero-order chi connectivity index (χ0) is 24.0. The van der Waals surface area contributed by atoms with E-state index in [1.807, 2.05) is 39.2 Å². The molecular formula is C28H33N5O. The molecule has 34 heavy (non-hydrogen) atoms. The van der Waals surface area contributed by atoms with Crippen LogP contribution in [0.5, 0.6) is 0 Å². The van der Waals surface area contributed by atoms with Crippen molar-refractivity contribution in [1.29, 1.82) is 0 Å². The first-order valence-electron chi connectivity index (χ1n) is 12.1. The summed E-state index contributed by atoms with van der Waals surface area (Å²) in [6.07, 6.45) is 7.65. The molecule has 3 heterocycles. The highest BCUT2D eigenvalue weighted by molar-refractivity contribution is 6.03. The van der Waals surface area contributed by atoms with Gasteiger partial charge in [0.25, 0.3) is 5.56 Å². The topological polar surface area (TPSA) is 62.5 Å². The van der Waals surface area contributed by atoms with Crippen LogP contribution in [0, 0.1) is 19.8 Å². The van der Waals surface area contributed by atoms with Gasteiger partial charge in [0.2, 0.25) is 0 Å². The number of nitrogens with zero attached hydrogens (tertiary/aromatic N) is 4. The minimum absolute atomic E-state index is 0.00310. The summed E-state index contributed by atoms with van der Waals surface area (Å²) >= 11 is 0. The van der Waals surface area contributed by atoms with Crippen molar-refractivity contribution >= 4 is 22.3 Å². The summed E-state index contributed by atoms with van der Waals surface area (Å²) in [4.78, 5) is 25.1. The van der Waals surface area contributed by atoms with Gasteiger partial charge in [-0.1, -0.05) is 12.1 Å². The molecule has 0 spiro atoms. The van der Waals surface area contributed by atoms with Crippen LogP contribution in [0.4, 0.5) is 5.69 Å². The second kappa shape index (κ2) is 8.75. The largest absolute Gasteiger partial charge is 0.373 e. The lowest BCUT2D eigenvalue weighted by molar-refractivity contribution is 0.476. The van der Waals surface area contributed by atoms with E-state index in [9.17, 15) is 4.79 Å². The zero-order valence-corrected chi connectivity index (χ0v) is 20.7. The number of aliphatic imine (C=N–C) groups is 1. The molecule has 6 heteroatoms. The number of pyridine rings is 2. The molecule has 0 radical (unpaired) electrons. The Hall–Kier alpha value is -3.41. The molecule has 0 saturated heterocycles. The van der Waals surface area contributed by atoms with Crippen LogP contribution in [-0.4, -0.2) is 39.9 Å². The average Bonchev–Trinajstić information content (AvgIpc) is 3.57. The summed E-state index contributed by atoms with van der Waals surface area (Å²) in [5.74, 6) is 0.586. The number of nitrogens with one attached hydrogen (secondary N) is 1. The predicted octanol–water partition coefficient (Wildman–Crippen LogP) is 5.05. The Kier molecular flexibility index (Phi) is 5.76. The first-order chi connectivity index (χ1) is 16.3. The Balaban J connectivity index is 1.47. The number of aryl methyl sites for hydroxylation is 3. The normalized spacial score (nSPS) is 17.3. The average molecular weight is 456 g/mol. The van der Waals surface area contributed by atoms with Crippen LogP contribution in [-0.2, 0) is 7.05 Å². The van der Waals surface area contributed by atoms with Crippen LogP contribution in [0.2, 0.25) is 0 Å². The first kappa shape index (κ1) is 22.4. The molecule has 1 atom stereocenters. The van der Waals surface area contributed by atoms with E-state index in [1.54, 1.807) is 4.57 Å². The van der Waals surface area contributed by atoms with Gasteiger partial charge < -0.3 is 14.8 Å². The fraction of sp³-hybridized carbons (Fsp3) is 0.393. The van der Waals surface area contributed by atoms with Crippen molar-refractivity contribution in [1.82, 2.24) is 14.5 Å². The van der Waals surface area contributed by atoms with E-state index in [2.05, 4.69) is 53.4 Å². The van der Waals surface area contributed by atoms with Gasteiger partial charge in [0, 0.05) is 55.1 Å². The number of rotatable bonds is 6. The fourth-order valence-electron chi connectivity index (χ4n) is 4.85. The third kappa shape index (κ3) is 4.25. The van der Waals surface area contributed by atoms with E-state index >= 15 is 0 Å². The molecule has 5 rings (SSSR count). The van der Waals surface area contributed by atoms with Gasteiger partial charge in [-0.2, -0.15) is 0 Å². The predicted molar refractivity (Wildman–Crippen MR) is 140 cm³/mol. The number of anilines is 1. The zero-order valence-electron chi connectivity index (χ0n) is 20.7. The third-order valence-electron chi connectivity index (χ3n) is 6.92. The third-order valence-corrected chi connectivity index (χ3v) is 6.92. The summed E-state index contributed by atoms with van der Waals surface area (Å²) in [5, 5.41) is 4.51. The highest BCUT2D eigenvalue weighted by atomic mass is 16.1. The lowest BCUT2D eigenvalue weighted by Crippen LogP contribution is -2.24. The Labute approximate surface area is 201 Å². The van der Waals surface area contributed by atoms with Crippen molar-refractivity contribution in [3.05, 3.63) is 69.9 Å². The van der Waals surface area contributed by atoms with Crippen molar-refractivity contribution in [2.75, 3.05) is 18.9 Å². The molecule has 1 aromatic carbocycles. The molecule has 1 saturated carbocycles. The number of allylic oxidation sites excluding steroid dienone is 1. The first-order valence-corrected chi connectivity index (χ1v) is 12.1. The molecule has 2 aromatic heterocycles. The van der Waals surface area contributed by atoms with Crippen molar-refractivity contribution in [3.63, 3.8) is 0 Å². The molecule has 1 aliphatic heterocycles. The fourth-order valence-corrected chi connectivity index (χ4v) is 4.85. The van der Waals surface area contributed by atoms with Gasteiger partial charge in [-0.25, -0.2) is 0 Å². The molecule has 1 N–H and O–H groups in total. The van der Waals surface area contributed by atoms with E-state index in [1.165, 1.54) is 24.3 Å². The quantitative estimate of drug-likeness (QED) is 0.529. The number of benzene rings is 1. The van der Waals surface area contributed by atoms with Crippen molar-refractivity contribution in [2.24, 2.45) is 18.0 Å². The highest BCUT2D eigenvalue weighted by Crippen LogP contribution is 2.36. The van der Waals surface area contributed by atoms with Crippen molar-refractivity contribution < 1.29 is 0 Å². The van der Waals surface area contributed by atoms with Crippen LogP contribution >= 0.6 is 0 Å². The smallest absolute Gasteiger partial charge is 0.258 e. The van der Waals surface area contributed by atoms with E-state index in [0.717, 1.165) is 46.4 Å². The van der Waals surface area contributed by atoms with Gasteiger partial charge >= 0.3 is 0 Å². The second-order valence-electron chi connectivity index (χ2n) is 9.74. The van der Waals surface area contributed by atoms with Crippen LogP contribution in [0.3, 0.4) is 0 Å². The van der Waals surface area contributed by atoms with Crippen molar-refractivity contribution in [3.8, 4) is 11.1 Å². The van der Waals surface area contributed by atoms with Crippen LogP contribution in [0.15, 0.2) is 58.1 Å². The number of hydrogen-bond donors (Lipinski definition) is 1. The Bertz CT molecular complexity index is 1380. The lowest BCUT2D eigenvalue weighted by atomic mass is 9.99. The molecule has 6 nitrogen and oxygen atoms in total. The van der Waals surface area contributed by atoms with E-state index in [-0.39, 0.29) is 11.7 Å². The van der Waals surface area contributed by atoms with Gasteiger partial charge in [-0.05, 0) is 75.4 Å². The number of hydrogen-bond acceptors (Lipinski definition) is 5. The van der Waals surface area contributed by atoms with Crippen LogP contribution < -0.4 is 10.9 Å². The second-order valence-corrected chi connectivity index (χ2v) is 9.74. The van der Waals surface area contributed by atoms with E-state index < -0.39 is 0 Å². The molecule has 1 unspecified atom stereocenters. The van der Waals surface area contributed by atoms with Crippen molar-refractivity contribution in [2.45, 2.75) is 46.2 Å². The number of fused-ring (bicyclic) bond motifs is 1. The molecule has 3 aromatic rings. The standard InChI is InChI=1S/C28H33N5O/c1-17-8-11-22(30-19(3)31-27(20-9-10-20)25-7-6-12-32(25)4)15-23(17)24-14-21-16-29-18(2)13-26(21)33(5)28(24)34/h7-8,11,13-16,19-20,30H,6,9-10,12H2,1-5H3. The minimum Gasteiger partial charge on any atom is -0.373 e. The monoisotopic (exact) mass is 455 g/mol. The lowest BCUT2D eigenvalue weighted by Gasteiger charge is -2.21. The van der Waals surface area contributed by atoms with E-state index in [4.69, 9.17) is 4.99 Å². The summed E-state index contributed by atoms with van der Waals surface area (Å²) in [6.45, 7) is 7.16. The maximum absolute atomic E-state index is 13.3. The number of aromatic nitrogens is 2. The molecule has 2 aliphatic rings. The maximum atomic E-state index is 13.3. The summed E-state index contributed by atoms with van der Waals surface area (Å²) in [5.41, 5.74) is 7.98. The van der Waals surface area contributed by atoms with Gasteiger partial charge in [0.05, 0.1) is 16.9 Å². The summed E-state index contributed by atoms with van der Waals surface area (Å²) in [6, 6.07) is 10.1. The van der Waals surface area contributed by atoms with Gasteiger partial charge in [-0.3, -0.25) is 14.8 Å². The van der Waals surface area contributed by atoms with Crippen LogP contribution in [0.1, 0.15) is 37.4 Å². The summed E-state index contributed by atoms with van der Waals surface area (Å²) < 4.78 is 1.72. The Morgan fingerprint density at radius 1 is 1.15 bits per heavy atom.